The first-order valence-electron chi connectivity index (χ1n) is 4.16. The van der Waals surface area contributed by atoms with Gasteiger partial charge in [-0.25, -0.2) is 4.39 Å². The fourth-order valence-corrected chi connectivity index (χ4v) is 0.746. The van der Waals surface area contributed by atoms with Gasteiger partial charge in [0.05, 0.1) is 0 Å². The quantitative estimate of drug-likeness (QED) is 0.396. The van der Waals surface area contributed by atoms with E-state index in [-0.39, 0.29) is 5.82 Å². The summed E-state index contributed by atoms with van der Waals surface area (Å²) in [4.78, 5) is 4.84. The second-order valence-electron chi connectivity index (χ2n) is 2.54. The molecular weight excluding hydrogens is 169 g/mol. The van der Waals surface area contributed by atoms with Crippen LogP contribution in [0.5, 0.6) is 0 Å². The maximum atomic E-state index is 12.4. The number of hydrogen-bond donors (Lipinski definition) is 0. The van der Waals surface area contributed by atoms with Crippen LogP contribution in [0.1, 0.15) is 18.9 Å². The number of halogens is 1. The molecule has 0 aliphatic carbocycles. The summed E-state index contributed by atoms with van der Waals surface area (Å²) in [6.45, 7) is 2.57. The van der Waals surface area contributed by atoms with Crippen molar-refractivity contribution in [3.63, 3.8) is 0 Å². The summed E-state index contributed by atoms with van der Waals surface area (Å²) >= 11 is 0. The standard InChI is InChI=1S/C10H11FNO/c1-2-7-13-12-8-9-3-5-10(11)6-4-9/h3-6H,2,7H2,1H3. The molecule has 1 aromatic carbocycles. The Hall–Kier alpha value is -1.38. The lowest BCUT2D eigenvalue weighted by Crippen LogP contribution is -1.86. The molecule has 0 bridgehead atoms. The highest BCUT2D eigenvalue weighted by atomic mass is 19.1. The van der Waals surface area contributed by atoms with Crippen LogP contribution in [0.15, 0.2) is 29.4 Å². The third-order valence-corrected chi connectivity index (χ3v) is 1.38. The number of hydrogen-bond acceptors (Lipinski definition) is 2. The van der Waals surface area contributed by atoms with Gasteiger partial charge in [-0.3, -0.25) is 0 Å². The molecule has 0 saturated heterocycles. The van der Waals surface area contributed by atoms with Crippen LogP contribution < -0.4 is 0 Å². The van der Waals surface area contributed by atoms with Crippen molar-refractivity contribution in [3.05, 3.63) is 35.6 Å². The fraction of sp³-hybridized carbons (Fsp3) is 0.300. The Labute approximate surface area is 77.0 Å². The molecule has 1 rings (SSSR count). The van der Waals surface area contributed by atoms with Crippen molar-refractivity contribution in [1.29, 1.82) is 0 Å². The van der Waals surface area contributed by atoms with Gasteiger partial charge in [0.15, 0.2) is 0 Å². The van der Waals surface area contributed by atoms with Crippen LogP contribution in [0.3, 0.4) is 0 Å². The zero-order valence-electron chi connectivity index (χ0n) is 7.46. The molecular formula is C10H11FNO. The molecule has 0 amide bonds. The van der Waals surface area contributed by atoms with Gasteiger partial charge in [0.1, 0.15) is 18.6 Å². The summed E-state index contributed by atoms with van der Waals surface area (Å²) in [6, 6.07) is 5.90. The summed E-state index contributed by atoms with van der Waals surface area (Å²) in [5.41, 5.74) is 0.706. The molecule has 2 nitrogen and oxygen atoms in total. The summed E-state index contributed by atoms with van der Waals surface area (Å²) in [5, 5.41) is 3.59. The lowest BCUT2D eigenvalue weighted by Gasteiger charge is -1.93. The van der Waals surface area contributed by atoms with E-state index in [2.05, 4.69) is 11.4 Å². The second-order valence-corrected chi connectivity index (χ2v) is 2.54. The van der Waals surface area contributed by atoms with Crippen LogP contribution in [0.2, 0.25) is 0 Å². The monoisotopic (exact) mass is 180 g/mol. The lowest BCUT2D eigenvalue weighted by molar-refractivity contribution is 0.146. The van der Waals surface area contributed by atoms with Crippen LogP contribution in [0, 0.1) is 5.82 Å². The van der Waals surface area contributed by atoms with Crippen molar-refractivity contribution < 1.29 is 9.23 Å². The van der Waals surface area contributed by atoms with Gasteiger partial charge in [-0.15, -0.1) is 0 Å². The summed E-state index contributed by atoms with van der Waals surface area (Å²) in [7, 11) is 0. The topological polar surface area (TPSA) is 21.6 Å². The normalized spacial score (nSPS) is 10.6. The van der Waals surface area contributed by atoms with Gasteiger partial charge >= 0.3 is 0 Å². The number of rotatable bonds is 4. The largest absolute Gasteiger partial charge is 0.395 e. The summed E-state index contributed by atoms with van der Waals surface area (Å²) in [5.74, 6) is -0.264. The molecule has 0 unspecified atom stereocenters. The molecule has 13 heavy (non-hydrogen) atoms. The molecule has 0 aliphatic rings. The van der Waals surface area contributed by atoms with Crippen molar-refractivity contribution >= 4 is 6.21 Å². The van der Waals surface area contributed by atoms with E-state index < -0.39 is 0 Å². The van der Waals surface area contributed by atoms with Gasteiger partial charge in [-0.05, 0) is 30.7 Å². The van der Waals surface area contributed by atoms with Gasteiger partial charge in [0, 0.05) is 5.56 Å². The molecule has 3 heteroatoms. The van der Waals surface area contributed by atoms with Crippen molar-refractivity contribution in [2.75, 3.05) is 6.61 Å². The van der Waals surface area contributed by atoms with Gasteiger partial charge < -0.3 is 4.84 Å². The number of nitrogens with zero attached hydrogens (tertiary/aromatic N) is 1. The molecule has 0 fully saturated rings. The van der Waals surface area contributed by atoms with E-state index in [1.165, 1.54) is 12.1 Å². The SMILES string of the molecule is CCCO/N=[C]\c1ccc(F)cc1. The molecule has 1 radical (unpaired) electrons. The highest BCUT2D eigenvalue weighted by Gasteiger charge is 1.89. The van der Waals surface area contributed by atoms with E-state index in [1.54, 1.807) is 12.1 Å². The lowest BCUT2D eigenvalue weighted by atomic mass is 10.2. The Morgan fingerprint density at radius 2 is 2.08 bits per heavy atom. The van der Waals surface area contributed by atoms with Gasteiger partial charge in [0.2, 0.25) is 0 Å². The Morgan fingerprint density at radius 1 is 1.38 bits per heavy atom. The second kappa shape index (κ2) is 5.30. The van der Waals surface area contributed by atoms with Crippen LogP contribution in [0.4, 0.5) is 4.39 Å². The Kier molecular flexibility index (Phi) is 3.96. The van der Waals surface area contributed by atoms with E-state index in [1.807, 2.05) is 6.92 Å². The van der Waals surface area contributed by atoms with Crippen molar-refractivity contribution in [1.82, 2.24) is 0 Å². The molecule has 0 N–H and O–H groups in total. The highest BCUT2D eigenvalue weighted by molar-refractivity contribution is 5.78. The average Bonchev–Trinajstić information content (AvgIpc) is 2.15. The average molecular weight is 180 g/mol. The van der Waals surface area contributed by atoms with Gasteiger partial charge in [0.25, 0.3) is 0 Å². The van der Waals surface area contributed by atoms with E-state index >= 15 is 0 Å². The molecule has 0 heterocycles. The zero-order valence-corrected chi connectivity index (χ0v) is 7.46. The van der Waals surface area contributed by atoms with E-state index in [0.717, 1.165) is 6.42 Å². The smallest absolute Gasteiger partial charge is 0.139 e. The fourth-order valence-electron chi connectivity index (χ4n) is 0.746. The van der Waals surface area contributed by atoms with Crippen LogP contribution in [-0.4, -0.2) is 12.8 Å². The number of benzene rings is 1. The van der Waals surface area contributed by atoms with Crippen LogP contribution in [0.25, 0.3) is 0 Å². The summed E-state index contributed by atoms with van der Waals surface area (Å²) < 4.78 is 12.4. The third kappa shape index (κ3) is 3.69. The van der Waals surface area contributed by atoms with Crippen LogP contribution in [-0.2, 0) is 4.84 Å². The Balaban J connectivity index is 2.44. The third-order valence-electron chi connectivity index (χ3n) is 1.38. The van der Waals surface area contributed by atoms with Crippen molar-refractivity contribution in [2.45, 2.75) is 13.3 Å². The van der Waals surface area contributed by atoms with Crippen molar-refractivity contribution in [2.24, 2.45) is 5.16 Å². The first-order chi connectivity index (χ1) is 6.33. The highest BCUT2D eigenvalue weighted by Crippen LogP contribution is 1.99. The first kappa shape index (κ1) is 9.71. The minimum absolute atomic E-state index is 0.264. The van der Waals surface area contributed by atoms with E-state index in [0.29, 0.717) is 12.2 Å². The molecule has 0 saturated carbocycles. The summed E-state index contributed by atoms with van der Waals surface area (Å²) in [6.07, 6.45) is 3.55. The molecule has 0 spiro atoms. The minimum Gasteiger partial charge on any atom is -0.395 e. The maximum Gasteiger partial charge on any atom is 0.139 e. The Bertz CT molecular complexity index is 269. The molecule has 0 aromatic heterocycles. The van der Waals surface area contributed by atoms with Gasteiger partial charge in [-0.1, -0.05) is 12.1 Å². The predicted octanol–water partition coefficient (Wildman–Crippen LogP) is 2.46. The maximum absolute atomic E-state index is 12.4. The van der Waals surface area contributed by atoms with E-state index in [9.17, 15) is 4.39 Å². The van der Waals surface area contributed by atoms with Crippen LogP contribution >= 0.6 is 0 Å². The van der Waals surface area contributed by atoms with Gasteiger partial charge in [-0.2, -0.15) is 0 Å². The minimum atomic E-state index is -0.264. The molecule has 0 atom stereocenters. The molecule has 1 aromatic rings. The predicted molar refractivity (Wildman–Crippen MR) is 49.2 cm³/mol. The zero-order chi connectivity index (χ0) is 9.52. The molecule has 69 valence electrons. The van der Waals surface area contributed by atoms with E-state index in [4.69, 9.17) is 4.84 Å². The Morgan fingerprint density at radius 3 is 2.69 bits per heavy atom. The first-order valence-corrected chi connectivity index (χ1v) is 4.16. The molecule has 0 aliphatic heterocycles. The van der Waals surface area contributed by atoms with Crippen molar-refractivity contribution in [3.8, 4) is 0 Å².